The van der Waals surface area contributed by atoms with Crippen molar-refractivity contribution in [3.05, 3.63) is 29.8 Å². The average Bonchev–Trinajstić information content (AvgIpc) is 2.20. The maximum Gasteiger partial charge on any atom is 0.317 e. The Balaban J connectivity index is 2.65. The average molecular weight is 225 g/mol. The van der Waals surface area contributed by atoms with E-state index in [-0.39, 0.29) is 0 Å². The lowest BCUT2D eigenvalue weighted by Crippen LogP contribution is -2.20. The van der Waals surface area contributed by atoms with Crippen LogP contribution in [-0.2, 0) is 4.79 Å². The molecular formula is C11H15NO2S. The Morgan fingerprint density at radius 2 is 2.07 bits per heavy atom. The molecule has 1 aromatic carbocycles. The van der Waals surface area contributed by atoms with E-state index in [1.807, 2.05) is 31.2 Å². The van der Waals surface area contributed by atoms with E-state index >= 15 is 0 Å². The van der Waals surface area contributed by atoms with Crippen LogP contribution >= 0.6 is 11.8 Å². The van der Waals surface area contributed by atoms with Crippen molar-refractivity contribution in [1.82, 2.24) is 0 Å². The van der Waals surface area contributed by atoms with E-state index in [2.05, 4.69) is 0 Å². The molecule has 82 valence electrons. The van der Waals surface area contributed by atoms with E-state index in [0.29, 0.717) is 13.0 Å². The van der Waals surface area contributed by atoms with Crippen LogP contribution in [-0.4, -0.2) is 22.9 Å². The summed E-state index contributed by atoms with van der Waals surface area (Å²) >= 11 is 1.35. The molecule has 1 rings (SSSR count). The van der Waals surface area contributed by atoms with Crippen LogP contribution in [0.1, 0.15) is 12.0 Å². The topological polar surface area (TPSA) is 63.3 Å². The second-order valence-electron chi connectivity index (χ2n) is 3.34. The minimum atomic E-state index is -0.800. The predicted molar refractivity (Wildman–Crippen MR) is 62.1 cm³/mol. The molecule has 0 radical (unpaired) electrons. The third-order valence-electron chi connectivity index (χ3n) is 2.00. The van der Waals surface area contributed by atoms with Crippen LogP contribution in [0.25, 0.3) is 0 Å². The second-order valence-corrected chi connectivity index (χ2v) is 4.61. The standard InChI is InChI=1S/C11H15NO2S/c1-8-2-4-9(5-3-8)15-10(6-7-12)11(13)14/h2-5,10H,6-7,12H2,1H3,(H,13,14). The van der Waals surface area contributed by atoms with Crippen molar-refractivity contribution in [2.24, 2.45) is 5.73 Å². The first-order chi connectivity index (χ1) is 7.13. The van der Waals surface area contributed by atoms with Crippen LogP contribution < -0.4 is 5.73 Å². The Morgan fingerprint density at radius 1 is 1.47 bits per heavy atom. The number of rotatable bonds is 5. The van der Waals surface area contributed by atoms with E-state index in [9.17, 15) is 4.79 Å². The number of carboxylic acids is 1. The molecule has 3 N–H and O–H groups in total. The summed E-state index contributed by atoms with van der Waals surface area (Å²) < 4.78 is 0. The number of aliphatic carboxylic acids is 1. The zero-order valence-electron chi connectivity index (χ0n) is 8.64. The third kappa shape index (κ3) is 3.93. The van der Waals surface area contributed by atoms with Crippen LogP contribution in [0.2, 0.25) is 0 Å². The molecule has 0 aliphatic rings. The molecule has 1 atom stereocenters. The fourth-order valence-corrected chi connectivity index (χ4v) is 2.14. The van der Waals surface area contributed by atoms with E-state index in [4.69, 9.17) is 10.8 Å². The molecule has 0 aliphatic carbocycles. The Hall–Kier alpha value is -1.00. The molecule has 0 aromatic heterocycles. The number of carbonyl (C=O) groups is 1. The van der Waals surface area contributed by atoms with Gasteiger partial charge in [0.2, 0.25) is 0 Å². The Morgan fingerprint density at radius 3 is 2.53 bits per heavy atom. The van der Waals surface area contributed by atoms with Gasteiger partial charge in [0.05, 0.1) is 0 Å². The molecule has 1 aromatic rings. The number of aryl methyl sites for hydroxylation is 1. The van der Waals surface area contributed by atoms with Crippen molar-refractivity contribution in [2.45, 2.75) is 23.5 Å². The maximum atomic E-state index is 10.9. The molecule has 0 bridgehead atoms. The highest BCUT2D eigenvalue weighted by molar-refractivity contribution is 8.00. The van der Waals surface area contributed by atoms with Crippen LogP contribution in [0.4, 0.5) is 0 Å². The number of nitrogens with two attached hydrogens (primary N) is 1. The van der Waals surface area contributed by atoms with Gasteiger partial charge in [0.25, 0.3) is 0 Å². The van der Waals surface area contributed by atoms with Crippen LogP contribution in [0, 0.1) is 6.92 Å². The minimum Gasteiger partial charge on any atom is -0.480 e. The summed E-state index contributed by atoms with van der Waals surface area (Å²) in [5, 5.41) is 8.50. The van der Waals surface area contributed by atoms with Crippen molar-refractivity contribution in [3.8, 4) is 0 Å². The summed E-state index contributed by atoms with van der Waals surface area (Å²) in [5.74, 6) is -0.800. The Labute approximate surface area is 93.7 Å². The highest BCUT2D eigenvalue weighted by atomic mass is 32.2. The number of carboxylic acid groups (broad SMARTS) is 1. The molecule has 0 saturated carbocycles. The highest BCUT2D eigenvalue weighted by Crippen LogP contribution is 2.25. The van der Waals surface area contributed by atoms with Gasteiger partial charge in [-0.25, -0.2) is 0 Å². The summed E-state index contributed by atoms with van der Waals surface area (Å²) in [6, 6.07) is 7.83. The molecule has 0 spiro atoms. The van der Waals surface area contributed by atoms with Crippen LogP contribution in [0.15, 0.2) is 29.2 Å². The second kappa shape index (κ2) is 5.78. The Kier molecular flexibility index (Phi) is 4.65. The first-order valence-electron chi connectivity index (χ1n) is 4.79. The monoisotopic (exact) mass is 225 g/mol. The Bertz CT molecular complexity index is 324. The summed E-state index contributed by atoms with van der Waals surface area (Å²) in [7, 11) is 0. The SMILES string of the molecule is Cc1ccc(SC(CCN)C(=O)O)cc1. The van der Waals surface area contributed by atoms with Crippen molar-refractivity contribution >= 4 is 17.7 Å². The third-order valence-corrected chi connectivity index (χ3v) is 3.27. The van der Waals surface area contributed by atoms with E-state index in [1.54, 1.807) is 0 Å². The number of benzene rings is 1. The summed E-state index contributed by atoms with van der Waals surface area (Å²) in [4.78, 5) is 11.9. The molecule has 0 amide bonds. The maximum absolute atomic E-state index is 10.9. The van der Waals surface area contributed by atoms with Crippen molar-refractivity contribution < 1.29 is 9.90 Å². The first kappa shape index (κ1) is 12.1. The van der Waals surface area contributed by atoms with Gasteiger partial charge in [-0.3, -0.25) is 4.79 Å². The minimum absolute atomic E-state index is 0.399. The highest BCUT2D eigenvalue weighted by Gasteiger charge is 2.17. The van der Waals surface area contributed by atoms with Gasteiger partial charge < -0.3 is 10.8 Å². The number of hydrogen-bond donors (Lipinski definition) is 2. The quantitative estimate of drug-likeness (QED) is 0.751. The molecule has 3 nitrogen and oxygen atoms in total. The smallest absolute Gasteiger partial charge is 0.317 e. The number of hydrogen-bond acceptors (Lipinski definition) is 3. The molecule has 0 saturated heterocycles. The molecule has 4 heteroatoms. The molecule has 15 heavy (non-hydrogen) atoms. The van der Waals surface area contributed by atoms with Crippen molar-refractivity contribution in [1.29, 1.82) is 0 Å². The zero-order chi connectivity index (χ0) is 11.3. The van der Waals surface area contributed by atoms with Gasteiger partial charge in [0.15, 0.2) is 0 Å². The number of thioether (sulfide) groups is 1. The lowest BCUT2D eigenvalue weighted by molar-refractivity contribution is -0.136. The van der Waals surface area contributed by atoms with E-state index in [1.165, 1.54) is 17.3 Å². The molecule has 0 heterocycles. The van der Waals surface area contributed by atoms with Crippen LogP contribution in [0.3, 0.4) is 0 Å². The summed E-state index contributed by atoms with van der Waals surface area (Å²) in [5.41, 5.74) is 6.54. The predicted octanol–water partition coefficient (Wildman–Crippen LogP) is 1.89. The zero-order valence-corrected chi connectivity index (χ0v) is 9.46. The van der Waals surface area contributed by atoms with E-state index < -0.39 is 11.2 Å². The molecule has 0 aliphatic heterocycles. The fourth-order valence-electron chi connectivity index (χ4n) is 1.17. The van der Waals surface area contributed by atoms with Gasteiger partial charge in [0, 0.05) is 4.90 Å². The van der Waals surface area contributed by atoms with Gasteiger partial charge in [0.1, 0.15) is 5.25 Å². The first-order valence-corrected chi connectivity index (χ1v) is 5.67. The van der Waals surface area contributed by atoms with Gasteiger partial charge in [-0.05, 0) is 32.0 Å². The molecule has 0 fully saturated rings. The molecule has 1 unspecified atom stereocenters. The summed E-state index contributed by atoms with van der Waals surface area (Å²) in [6.07, 6.45) is 0.494. The lowest BCUT2D eigenvalue weighted by atomic mass is 10.2. The van der Waals surface area contributed by atoms with Gasteiger partial charge >= 0.3 is 5.97 Å². The van der Waals surface area contributed by atoms with Gasteiger partial charge in [-0.15, -0.1) is 11.8 Å². The van der Waals surface area contributed by atoms with Crippen molar-refractivity contribution in [3.63, 3.8) is 0 Å². The largest absolute Gasteiger partial charge is 0.480 e. The van der Waals surface area contributed by atoms with Gasteiger partial charge in [-0.2, -0.15) is 0 Å². The lowest BCUT2D eigenvalue weighted by Gasteiger charge is -2.10. The summed E-state index contributed by atoms with van der Waals surface area (Å²) in [6.45, 7) is 2.40. The van der Waals surface area contributed by atoms with Crippen LogP contribution in [0.5, 0.6) is 0 Å². The van der Waals surface area contributed by atoms with E-state index in [0.717, 1.165) is 4.90 Å². The van der Waals surface area contributed by atoms with Crippen molar-refractivity contribution in [2.75, 3.05) is 6.54 Å². The normalized spacial score (nSPS) is 12.4. The molecular weight excluding hydrogens is 210 g/mol. The fraction of sp³-hybridized carbons (Fsp3) is 0.364. The van der Waals surface area contributed by atoms with Gasteiger partial charge in [-0.1, -0.05) is 17.7 Å².